The number of rotatable bonds is 9. The van der Waals surface area contributed by atoms with Gasteiger partial charge in [-0.25, -0.2) is 4.98 Å². The van der Waals surface area contributed by atoms with Crippen molar-refractivity contribution in [2.75, 3.05) is 30.8 Å². The van der Waals surface area contributed by atoms with Crippen LogP contribution in [0.15, 0.2) is 6.33 Å². The van der Waals surface area contributed by atoms with Crippen LogP contribution in [0.3, 0.4) is 0 Å². The molecule has 0 aromatic carbocycles. The molecule has 1 aromatic heterocycles. The molecule has 1 heterocycles. The van der Waals surface area contributed by atoms with Gasteiger partial charge in [-0.05, 0) is 20.3 Å². The van der Waals surface area contributed by atoms with Crippen LogP contribution in [0.2, 0.25) is 0 Å². The summed E-state index contributed by atoms with van der Waals surface area (Å²) in [5.74, 6) is 1.00. The summed E-state index contributed by atoms with van der Waals surface area (Å²) in [6, 6.07) is 0. The van der Waals surface area contributed by atoms with Crippen LogP contribution in [0, 0.1) is 0 Å². The van der Waals surface area contributed by atoms with Gasteiger partial charge in [0.25, 0.3) is 0 Å². The molecule has 0 atom stereocenters. The fourth-order valence-corrected chi connectivity index (χ4v) is 1.43. The molecule has 0 aliphatic carbocycles. The molecule has 6 heteroatoms. The quantitative estimate of drug-likeness (QED) is 0.667. The van der Waals surface area contributed by atoms with Gasteiger partial charge in [-0.2, -0.15) is 4.98 Å². The smallest absolute Gasteiger partial charge is 0.242 e. The Bertz CT molecular complexity index is 372. The third-order valence-electron chi connectivity index (χ3n) is 2.38. The number of ether oxygens (including phenoxy) is 2. The molecular formula is C13H24N4O2. The second-order valence-corrected chi connectivity index (χ2v) is 4.50. The van der Waals surface area contributed by atoms with Gasteiger partial charge in [-0.1, -0.05) is 13.3 Å². The van der Waals surface area contributed by atoms with E-state index in [-0.39, 0.29) is 6.10 Å². The Hall–Kier alpha value is -1.56. The minimum absolute atomic E-state index is 0.0300. The molecule has 0 radical (unpaired) electrons. The van der Waals surface area contributed by atoms with Crippen LogP contribution in [0.1, 0.15) is 33.6 Å². The number of anilines is 2. The van der Waals surface area contributed by atoms with E-state index < -0.39 is 0 Å². The lowest BCUT2D eigenvalue weighted by molar-refractivity contribution is 0.141. The van der Waals surface area contributed by atoms with Crippen molar-refractivity contribution in [3.05, 3.63) is 6.33 Å². The Morgan fingerprint density at radius 3 is 2.79 bits per heavy atom. The van der Waals surface area contributed by atoms with Gasteiger partial charge in [0.15, 0.2) is 5.82 Å². The van der Waals surface area contributed by atoms with E-state index in [2.05, 4.69) is 22.2 Å². The summed E-state index contributed by atoms with van der Waals surface area (Å²) >= 11 is 0. The molecule has 0 spiro atoms. The number of unbranched alkanes of at least 4 members (excludes halogenated alkanes) is 1. The molecular weight excluding hydrogens is 244 g/mol. The van der Waals surface area contributed by atoms with Crippen molar-refractivity contribution in [1.29, 1.82) is 0 Å². The van der Waals surface area contributed by atoms with Crippen LogP contribution in [0.5, 0.6) is 5.88 Å². The second-order valence-electron chi connectivity index (χ2n) is 4.50. The minimum Gasteiger partial charge on any atom is -0.473 e. The zero-order chi connectivity index (χ0) is 14.1. The van der Waals surface area contributed by atoms with Gasteiger partial charge in [-0.15, -0.1) is 0 Å². The zero-order valence-electron chi connectivity index (χ0n) is 12.0. The van der Waals surface area contributed by atoms with Crippen molar-refractivity contribution in [2.45, 2.75) is 39.7 Å². The third-order valence-corrected chi connectivity index (χ3v) is 2.38. The summed E-state index contributed by atoms with van der Waals surface area (Å²) in [6.07, 6.45) is 3.70. The molecule has 3 N–H and O–H groups in total. The van der Waals surface area contributed by atoms with Gasteiger partial charge in [0.2, 0.25) is 5.88 Å². The Morgan fingerprint density at radius 1 is 1.32 bits per heavy atom. The average Bonchev–Trinajstić information content (AvgIpc) is 2.37. The first-order valence-electron chi connectivity index (χ1n) is 6.73. The number of nitrogen functional groups attached to an aromatic ring is 1. The van der Waals surface area contributed by atoms with E-state index in [1.807, 2.05) is 13.8 Å². The van der Waals surface area contributed by atoms with Crippen molar-refractivity contribution in [3.8, 4) is 5.88 Å². The Labute approximate surface area is 114 Å². The van der Waals surface area contributed by atoms with Gasteiger partial charge in [0.1, 0.15) is 12.0 Å². The van der Waals surface area contributed by atoms with Crippen molar-refractivity contribution < 1.29 is 9.47 Å². The summed E-state index contributed by atoms with van der Waals surface area (Å²) in [6.45, 7) is 8.07. The molecule has 0 saturated carbocycles. The van der Waals surface area contributed by atoms with Crippen molar-refractivity contribution >= 4 is 11.5 Å². The summed E-state index contributed by atoms with van der Waals surface area (Å²) in [5.41, 5.74) is 6.38. The first-order chi connectivity index (χ1) is 9.15. The first-order valence-corrected chi connectivity index (χ1v) is 6.73. The SMILES string of the molecule is CCCCOCCNc1ncnc(OC(C)C)c1N. The molecule has 19 heavy (non-hydrogen) atoms. The van der Waals surface area contributed by atoms with E-state index in [1.165, 1.54) is 6.33 Å². The largest absolute Gasteiger partial charge is 0.473 e. The van der Waals surface area contributed by atoms with Gasteiger partial charge in [0.05, 0.1) is 12.7 Å². The van der Waals surface area contributed by atoms with Crippen molar-refractivity contribution in [2.24, 2.45) is 0 Å². The molecule has 0 aliphatic rings. The maximum Gasteiger partial charge on any atom is 0.242 e. The zero-order valence-corrected chi connectivity index (χ0v) is 12.0. The first kappa shape index (κ1) is 15.5. The van der Waals surface area contributed by atoms with E-state index in [4.69, 9.17) is 15.2 Å². The summed E-state index contributed by atoms with van der Waals surface area (Å²) in [5, 5.41) is 3.12. The standard InChI is InChI=1S/C13H24N4O2/c1-4-5-7-18-8-6-15-12-11(14)13(17-9-16-12)19-10(2)3/h9-10H,4-8,14H2,1-3H3,(H,15,16,17). The fourth-order valence-electron chi connectivity index (χ4n) is 1.43. The molecule has 6 nitrogen and oxygen atoms in total. The van der Waals surface area contributed by atoms with E-state index >= 15 is 0 Å². The number of hydrogen-bond acceptors (Lipinski definition) is 6. The number of nitrogens with zero attached hydrogens (tertiary/aromatic N) is 2. The predicted octanol–water partition coefficient (Wildman–Crippen LogP) is 2.07. The number of aromatic nitrogens is 2. The highest BCUT2D eigenvalue weighted by Crippen LogP contribution is 2.24. The Kier molecular flexibility index (Phi) is 6.95. The molecule has 0 bridgehead atoms. The van der Waals surface area contributed by atoms with E-state index in [0.717, 1.165) is 19.4 Å². The maximum absolute atomic E-state index is 5.94. The van der Waals surface area contributed by atoms with Crippen LogP contribution < -0.4 is 15.8 Å². The van der Waals surface area contributed by atoms with Crippen LogP contribution in [-0.2, 0) is 4.74 Å². The highest BCUT2D eigenvalue weighted by molar-refractivity contribution is 5.66. The molecule has 1 rings (SSSR count). The van der Waals surface area contributed by atoms with Crippen LogP contribution in [-0.4, -0.2) is 35.8 Å². The molecule has 0 saturated heterocycles. The van der Waals surface area contributed by atoms with Crippen LogP contribution in [0.4, 0.5) is 11.5 Å². The van der Waals surface area contributed by atoms with Crippen molar-refractivity contribution in [1.82, 2.24) is 9.97 Å². The third kappa shape index (κ3) is 5.74. The summed E-state index contributed by atoms with van der Waals surface area (Å²) in [7, 11) is 0. The molecule has 0 unspecified atom stereocenters. The molecule has 0 aliphatic heterocycles. The van der Waals surface area contributed by atoms with Gasteiger partial charge in [0, 0.05) is 13.2 Å². The number of nitrogens with one attached hydrogen (secondary N) is 1. The highest BCUT2D eigenvalue weighted by Gasteiger charge is 2.09. The molecule has 0 fully saturated rings. The van der Waals surface area contributed by atoms with Crippen molar-refractivity contribution in [3.63, 3.8) is 0 Å². The van der Waals surface area contributed by atoms with Gasteiger partial charge in [-0.3, -0.25) is 0 Å². The van der Waals surface area contributed by atoms with Crippen LogP contribution in [0.25, 0.3) is 0 Å². The number of hydrogen-bond donors (Lipinski definition) is 2. The normalized spacial score (nSPS) is 10.7. The lowest BCUT2D eigenvalue weighted by atomic mass is 10.4. The molecule has 1 aromatic rings. The highest BCUT2D eigenvalue weighted by atomic mass is 16.5. The summed E-state index contributed by atoms with van der Waals surface area (Å²) < 4.78 is 11.0. The van der Waals surface area contributed by atoms with Gasteiger partial charge >= 0.3 is 0 Å². The van der Waals surface area contributed by atoms with Gasteiger partial charge < -0.3 is 20.5 Å². The lowest BCUT2D eigenvalue weighted by Crippen LogP contribution is -2.14. The van der Waals surface area contributed by atoms with Crippen LogP contribution >= 0.6 is 0 Å². The second kappa shape index (κ2) is 8.53. The number of nitrogens with two attached hydrogens (primary N) is 1. The average molecular weight is 268 g/mol. The predicted molar refractivity (Wildman–Crippen MR) is 76.4 cm³/mol. The van der Waals surface area contributed by atoms with E-state index in [0.29, 0.717) is 30.5 Å². The lowest BCUT2D eigenvalue weighted by Gasteiger charge is -2.13. The molecule has 0 amide bonds. The monoisotopic (exact) mass is 268 g/mol. The maximum atomic E-state index is 5.94. The molecule has 108 valence electrons. The van der Waals surface area contributed by atoms with E-state index in [9.17, 15) is 0 Å². The fraction of sp³-hybridized carbons (Fsp3) is 0.692. The Balaban J connectivity index is 2.41. The minimum atomic E-state index is 0.0300. The Morgan fingerprint density at radius 2 is 2.11 bits per heavy atom. The topological polar surface area (TPSA) is 82.3 Å². The van der Waals surface area contributed by atoms with E-state index in [1.54, 1.807) is 0 Å². The summed E-state index contributed by atoms with van der Waals surface area (Å²) in [4.78, 5) is 8.12.